The van der Waals surface area contributed by atoms with E-state index < -0.39 is 17.9 Å². The number of rotatable bonds is 13. The van der Waals surface area contributed by atoms with E-state index in [9.17, 15) is 19.9 Å². The molecule has 3 saturated heterocycles. The number of pyridine rings is 1. The van der Waals surface area contributed by atoms with Crippen molar-refractivity contribution in [3.05, 3.63) is 114 Å². The van der Waals surface area contributed by atoms with Crippen LogP contribution in [0.25, 0.3) is 0 Å². The molecule has 5 heterocycles. The molecule has 10 nitrogen and oxygen atoms in total. The van der Waals surface area contributed by atoms with E-state index in [2.05, 4.69) is 10.2 Å². The Labute approximate surface area is 298 Å². The highest BCUT2D eigenvalue weighted by Gasteiger charge is 2.38. The highest BCUT2D eigenvalue weighted by Crippen LogP contribution is 2.41. The van der Waals surface area contributed by atoms with Gasteiger partial charge < -0.3 is 24.5 Å². The molecule has 0 aliphatic carbocycles. The number of halogens is 2. The molecule has 2 N–H and O–H groups in total. The first-order chi connectivity index (χ1) is 23.6. The van der Waals surface area contributed by atoms with Crippen molar-refractivity contribution in [2.24, 2.45) is 5.92 Å². The second kappa shape index (κ2) is 15.3. The molecule has 0 radical (unpaired) electrons. The zero-order valence-electron chi connectivity index (χ0n) is 27.1. The number of fused-ring (bicyclic) bond motifs is 3. The Balaban J connectivity index is 1.33. The number of carbonyl (C=O) groups excluding carboxylic acids is 1. The van der Waals surface area contributed by atoms with Crippen LogP contribution in [-0.4, -0.2) is 61.9 Å². The van der Waals surface area contributed by atoms with E-state index in [4.69, 9.17) is 37.4 Å². The molecule has 49 heavy (non-hydrogen) atoms. The first-order valence-corrected chi connectivity index (χ1v) is 17.6. The Morgan fingerprint density at radius 3 is 2.33 bits per heavy atom. The lowest BCUT2D eigenvalue weighted by Crippen LogP contribution is -2.52. The normalized spacial score (nSPS) is 19.6. The van der Waals surface area contributed by atoms with Crippen molar-refractivity contribution in [2.75, 3.05) is 33.9 Å². The van der Waals surface area contributed by atoms with E-state index in [1.165, 1.54) is 26.6 Å². The molecule has 2 aromatic heterocycles. The first kappa shape index (κ1) is 35.0. The number of thiophene rings is 1. The van der Waals surface area contributed by atoms with Gasteiger partial charge in [-0.2, -0.15) is 4.73 Å². The highest BCUT2D eigenvalue weighted by atomic mass is 35.5. The lowest BCUT2D eigenvalue weighted by Gasteiger charge is -2.44. The van der Waals surface area contributed by atoms with Crippen LogP contribution >= 0.6 is 34.5 Å². The minimum absolute atomic E-state index is 0.129. The summed E-state index contributed by atoms with van der Waals surface area (Å²) in [6, 6.07) is 15.9. The van der Waals surface area contributed by atoms with Gasteiger partial charge in [-0.3, -0.25) is 10.2 Å². The summed E-state index contributed by atoms with van der Waals surface area (Å²) in [5, 5.41) is 26.1. The summed E-state index contributed by atoms with van der Waals surface area (Å²) in [6.07, 6.45) is 4.52. The number of methoxy groups -OCH3 is 2. The third-order valence-electron chi connectivity index (χ3n) is 9.37. The predicted octanol–water partition coefficient (Wildman–Crippen LogP) is 6.25. The topological polar surface area (TPSA) is 124 Å². The Morgan fingerprint density at radius 1 is 1.02 bits per heavy atom. The summed E-state index contributed by atoms with van der Waals surface area (Å²) in [7, 11) is 3.06. The number of piperidine rings is 3. The molecule has 0 spiro atoms. The number of hydrogen-bond acceptors (Lipinski definition) is 9. The molecule has 3 fully saturated rings. The third kappa shape index (κ3) is 7.81. The second-order valence-electron chi connectivity index (χ2n) is 12.3. The molecular weight excluding hydrogens is 689 g/mol. The van der Waals surface area contributed by atoms with Gasteiger partial charge in [-0.1, -0.05) is 59.6 Å². The Bertz CT molecular complexity index is 1790. The van der Waals surface area contributed by atoms with Gasteiger partial charge in [0, 0.05) is 29.4 Å². The summed E-state index contributed by atoms with van der Waals surface area (Å²) in [4.78, 5) is 29.6. The van der Waals surface area contributed by atoms with Crippen molar-refractivity contribution in [2.45, 2.75) is 43.9 Å². The molecule has 4 aromatic rings. The summed E-state index contributed by atoms with van der Waals surface area (Å²) < 4.78 is 17.7. The average molecular weight is 727 g/mol. The second-order valence-corrected chi connectivity index (χ2v) is 14.3. The number of carboxylic acids is 1. The van der Waals surface area contributed by atoms with Crippen molar-refractivity contribution in [1.29, 1.82) is 0 Å². The van der Waals surface area contributed by atoms with Crippen molar-refractivity contribution < 1.29 is 33.6 Å². The molecule has 258 valence electrons. The van der Waals surface area contributed by atoms with Crippen molar-refractivity contribution >= 4 is 46.5 Å². The standard InChI is InChI=1S/C36H37Cl2N3O7S/c1-46-30-9-8-23(14-31(30)47-2)25(16-27-28(37)18-41(45)19-29(27)38)26-15-24(49-34(26)35(42)43)17-39-33(22-6-4-3-5-7-22)36(44)48-32-20-40-12-10-21(32)11-13-40/h3-9,14-15,18-19,21,25,32-33,39H,10-13,16-17,20H2,1-2H3,(H,42,43)/t25-,32-,33?/m0/s1. The quantitative estimate of drug-likeness (QED) is 0.0936. The van der Waals surface area contributed by atoms with E-state index in [-0.39, 0.29) is 40.0 Å². The van der Waals surface area contributed by atoms with Crippen molar-refractivity contribution in [3.63, 3.8) is 0 Å². The smallest absolute Gasteiger partial charge is 0.346 e. The minimum atomic E-state index is -1.10. The Morgan fingerprint density at radius 2 is 1.71 bits per heavy atom. The zero-order valence-corrected chi connectivity index (χ0v) is 29.4. The molecular formula is C36H37Cl2N3O7S. The fraction of sp³-hybridized carbons (Fsp3) is 0.361. The fourth-order valence-electron chi connectivity index (χ4n) is 6.83. The number of nitrogens with zero attached hydrogens (tertiary/aromatic N) is 2. The van der Waals surface area contributed by atoms with Gasteiger partial charge in [0.1, 0.15) is 27.1 Å². The number of hydrogen-bond donors (Lipinski definition) is 2. The van der Waals surface area contributed by atoms with Crippen LogP contribution < -0.4 is 19.5 Å². The van der Waals surface area contributed by atoms with E-state index >= 15 is 0 Å². The third-order valence-corrected chi connectivity index (χ3v) is 11.2. The van der Waals surface area contributed by atoms with Crippen LogP contribution in [0.2, 0.25) is 10.0 Å². The number of nitrogens with one attached hydrogen (secondary N) is 1. The van der Waals surface area contributed by atoms with E-state index in [0.717, 1.165) is 54.9 Å². The number of carboxylic acid groups (broad SMARTS) is 1. The molecule has 13 heteroatoms. The number of esters is 1. The summed E-state index contributed by atoms with van der Waals surface area (Å²) >= 11 is 14.1. The molecule has 3 aliphatic rings. The monoisotopic (exact) mass is 725 g/mol. The molecule has 3 aliphatic heterocycles. The van der Waals surface area contributed by atoms with E-state index in [0.29, 0.717) is 38.2 Å². The van der Waals surface area contributed by atoms with E-state index in [1.807, 2.05) is 42.5 Å². The van der Waals surface area contributed by atoms with Gasteiger partial charge in [0.05, 0.1) is 14.2 Å². The molecule has 1 unspecified atom stereocenters. The van der Waals surface area contributed by atoms with Crippen molar-refractivity contribution in [3.8, 4) is 11.5 Å². The minimum Gasteiger partial charge on any atom is -0.619 e. The van der Waals surface area contributed by atoms with Crippen LogP contribution in [0.1, 0.15) is 61.6 Å². The molecule has 7 rings (SSSR count). The number of aromatic carboxylic acids is 1. The predicted molar refractivity (Wildman–Crippen MR) is 187 cm³/mol. The van der Waals surface area contributed by atoms with Gasteiger partial charge in [-0.25, -0.2) is 9.59 Å². The fourth-order valence-corrected chi connectivity index (χ4v) is 8.43. The molecule has 3 atom stereocenters. The Hall–Kier alpha value is -3.87. The molecule has 2 bridgehead atoms. The maximum atomic E-state index is 13.7. The van der Waals surface area contributed by atoms with Gasteiger partial charge in [-0.15, -0.1) is 11.3 Å². The van der Waals surface area contributed by atoms with Crippen LogP contribution in [0.4, 0.5) is 0 Å². The lowest BCUT2D eigenvalue weighted by molar-refractivity contribution is -0.605. The van der Waals surface area contributed by atoms with Crippen LogP contribution in [0.15, 0.2) is 67.0 Å². The Kier molecular flexibility index (Phi) is 11.0. The summed E-state index contributed by atoms with van der Waals surface area (Å²) in [5.41, 5.74) is 2.51. The lowest BCUT2D eigenvalue weighted by atomic mass is 9.85. The number of ether oxygens (including phenoxy) is 3. The molecule has 0 saturated carbocycles. The zero-order chi connectivity index (χ0) is 34.7. The van der Waals surface area contributed by atoms with Crippen LogP contribution in [0.3, 0.4) is 0 Å². The maximum Gasteiger partial charge on any atom is 0.346 e. The van der Waals surface area contributed by atoms with Gasteiger partial charge in [0.15, 0.2) is 23.9 Å². The largest absolute Gasteiger partial charge is 0.619 e. The van der Waals surface area contributed by atoms with Crippen LogP contribution in [-0.2, 0) is 22.5 Å². The van der Waals surface area contributed by atoms with Crippen molar-refractivity contribution in [1.82, 2.24) is 10.2 Å². The van der Waals surface area contributed by atoms with Crippen LogP contribution in [0, 0.1) is 11.1 Å². The van der Waals surface area contributed by atoms with Crippen LogP contribution in [0.5, 0.6) is 11.5 Å². The van der Waals surface area contributed by atoms with E-state index in [1.54, 1.807) is 12.1 Å². The summed E-state index contributed by atoms with van der Waals surface area (Å²) in [6.45, 7) is 3.03. The SMILES string of the molecule is COc1ccc([C@H](Cc2c(Cl)c[n+]([O-])cc2Cl)c2cc(CNC(C(=O)O[C@H]3CN4CCC3CC4)c3ccccc3)sc2C(=O)O)cc1OC. The average Bonchev–Trinajstić information content (AvgIpc) is 3.53. The highest BCUT2D eigenvalue weighted by molar-refractivity contribution is 7.14. The number of aromatic nitrogens is 1. The molecule has 2 aromatic carbocycles. The van der Waals surface area contributed by atoms with Gasteiger partial charge in [-0.05, 0) is 73.2 Å². The van der Waals surface area contributed by atoms with Gasteiger partial charge >= 0.3 is 11.9 Å². The summed E-state index contributed by atoms with van der Waals surface area (Å²) in [5.74, 6) is -0.664. The van der Waals surface area contributed by atoms with Gasteiger partial charge in [0.2, 0.25) is 0 Å². The maximum absolute atomic E-state index is 13.7. The van der Waals surface area contributed by atoms with Gasteiger partial charge in [0.25, 0.3) is 0 Å². The molecule has 0 amide bonds. The number of benzene rings is 2. The first-order valence-electron chi connectivity index (χ1n) is 16.0. The number of carbonyl (C=O) groups is 2.